The van der Waals surface area contributed by atoms with Crippen LogP contribution in [0.5, 0.6) is 5.75 Å². The Balaban J connectivity index is 1.45. The van der Waals surface area contributed by atoms with Crippen molar-refractivity contribution < 1.29 is 23.0 Å². The van der Waals surface area contributed by atoms with Gasteiger partial charge in [0.25, 0.3) is 0 Å². The number of piperidine rings is 1. The molecule has 198 valence electrons. The number of ether oxygens (including phenoxy) is 2. The van der Waals surface area contributed by atoms with Crippen molar-refractivity contribution in [1.82, 2.24) is 14.9 Å². The number of amides is 1. The monoisotopic (exact) mass is 558 g/mol. The molecule has 1 aliphatic carbocycles. The molecule has 0 spiro atoms. The Hall–Kier alpha value is -3.18. The first kappa shape index (κ1) is 26.4. The van der Waals surface area contributed by atoms with Crippen LogP contribution in [0.4, 0.5) is 8.78 Å². The quantitative estimate of drug-likeness (QED) is 0.402. The molecule has 2 aliphatic rings. The zero-order chi connectivity index (χ0) is 27.0. The fourth-order valence-corrected chi connectivity index (χ4v) is 5.23. The normalized spacial score (nSPS) is 19.3. The molecule has 3 aromatic rings. The first-order chi connectivity index (χ1) is 18.2. The fraction of sp³-hybridized carbons (Fsp3) is 0.296. The number of carbonyl (C=O) groups excluding carboxylic acids is 1. The smallest absolute Gasteiger partial charge is 0.250 e. The van der Waals surface area contributed by atoms with Crippen molar-refractivity contribution in [3.05, 3.63) is 76.6 Å². The molecule has 1 aliphatic heterocycles. The predicted molar refractivity (Wildman–Crippen MR) is 145 cm³/mol. The van der Waals surface area contributed by atoms with E-state index in [-0.39, 0.29) is 22.1 Å². The van der Waals surface area contributed by atoms with E-state index in [9.17, 15) is 13.6 Å². The number of nitrogens with zero attached hydrogens (tertiary/aromatic N) is 2. The van der Waals surface area contributed by atoms with Crippen LogP contribution < -0.4 is 15.8 Å². The maximum absolute atomic E-state index is 14.0. The van der Waals surface area contributed by atoms with E-state index in [1.807, 2.05) is 25.1 Å². The van der Waals surface area contributed by atoms with Crippen LogP contribution in [0, 0.1) is 11.6 Å². The Kier molecular flexibility index (Phi) is 7.58. The largest absolute Gasteiger partial charge is 0.489 e. The van der Waals surface area contributed by atoms with Crippen LogP contribution in [0.25, 0.3) is 16.7 Å². The van der Waals surface area contributed by atoms with Gasteiger partial charge in [0.1, 0.15) is 24.3 Å². The summed E-state index contributed by atoms with van der Waals surface area (Å²) in [5.74, 6) is -2.19. The Bertz CT molecular complexity index is 1480. The number of rotatable bonds is 7. The van der Waals surface area contributed by atoms with Gasteiger partial charge in [-0.2, -0.15) is 0 Å². The number of primary amides is 1. The lowest BCUT2D eigenvalue weighted by Gasteiger charge is -2.27. The Morgan fingerprint density at radius 1 is 1.26 bits per heavy atom. The Morgan fingerprint density at radius 2 is 2.00 bits per heavy atom. The lowest BCUT2D eigenvalue weighted by molar-refractivity contribution is -0.114. The number of halogens is 3. The molecule has 1 aromatic heterocycles. The van der Waals surface area contributed by atoms with Crippen LogP contribution in [0.2, 0.25) is 5.02 Å². The van der Waals surface area contributed by atoms with Crippen LogP contribution in [-0.4, -0.2) is 45.6 Å². The number of hydrogen-bond acceptors (Lipinski definition) is 6. The number of nitrogens with one attached hydrogen (secondary N) is 1. The van der Waals surface area contributed by atoms with Crippen molar-refractivity contribution in [2.75, 3.05) is 13.1 Å². The molecule has 1 saturated heterocycles. The van der Waals surface area contributed by atoms with Crippen LogP contribution in [0.3, 0.4) is 0 Å². The van der Waals surface area contributed by atoms with Gasteiger partial charge in [-0.15, -0.1) is 0 Å². The number of fused-ring (bicyclic) bond motifs is 1. The average Bonchev–Trinajstić information content (AvgIpc) is 3.29. The molecular formula is C27H25ClF2N4O3S. The van der Waals surface area contributed by atoms with Crippen molar-refractivity contribution in [1.29, 1.82) is 0 Å². The minimum atomic E-state index is -1.02. The first-order valence-corrected chi connectivity index (χ1v) is 12.9. The summed E-state index contributed by atoms with van der Waals surface area (Å²) >= 11 is 12.3. The standard InChI is InChI=1S/C27H25ClF2N4O3S/c1-14(17-3-2-4-23(25(17)28)37-16-5-7-32-8-6-16)36-24-10-15(9-18(26(24)38)27(31)35)34-13-33-21-11-19(29)20(30)12-22(21)34/h2-4,9-14,16,24,32H,5-8H2,1H3,(H2,31,35)/t14-,24?/m1/s1. The molecule has 2 atom stereocenters. The number of nitrogens with two attached hydrogens (primary N) is 1. The van der Waals surface area contributed by atoms with E-state index in [1.54, 1.807) is 6.08 Å². The van der Waals surface area contributed by atoms with Crippen molar-refractivity contribution in [2.45, 2.75) is 38.1 Å². The van der Waals surface area contributed by atoms with Gasteiger partial charge in [-0.3, -0.25) is 9.36 Å². The molecule has 5 rings (SSSR count). The third-order valence-electron chi connectivity index (χ3n) is 6.63. The molecule has 1 fully saturated rings. The molecule has 0 bridgehead atoms. The van der Waals surface area contributed by atoms with Crippen LogP contribution in [0.1, 0.15) is 31.4 Å². The van der Waals surface area contributed by atoms with Gasteiger partial charge < -0.3 is 20.5 Å². The Morgan fingerprint density at radius 3 is 2.74 bits per heavy atom. The summed E-state index contributed by atoms with van der Waals surface area (Å²) in [6.45, 7) is 3.59. The summed E-state index contributed by atoms with van der Waals surface area (Å²) in [6.07, 6.45) is 5.03. The summed E-state index contributed by atoms with van der Waals surface area (Å²) in [4.78, 5) is 16.6. The molecule has 2 aromatic carbocycles. The summed E-state index contributed by atoms with van der Waals surface area (Å²) < 4.78 is 41.7. The van der Waals surface area contributed by atoms with Crippen molar-refractivity contribution in [3.8, 4) is 5.75 Å². The molecular weight excluding hydrogens is 534 g/mol. The predicted octanol–water partition coefficient (Wildman–Crippen LogP) is 4.88. The molecule has 7 nitrogen and oxygen atoms in total. The topological polar surface area (TPSA) is 91.4 Å². The summed E-state index contributed by atoms with van der Waals surface area (Å²) in [5.41, 5.74) is 7.36. The third-order valence-corrected chi connectivity index (χ3v) is 7.49. The highest BCUT2D eigenvalue weighted by Crippen LogP contribution is 2.36. The van der Waals surface area contributed by atoms with Gasteiger partial charge in [0.2, 0.25) is 5.91 Å². The molecule has 3 N–H and O–H groups in total. The molecule has 2 heterocycles. The van der Waals surface area contributed by atoms with Gasteiger partial charge in [0, 0.05) is 23.4 Å². The minimum Gasteiger partial charge on any atom is -0.489 e. The molecule has 0 radical (unpaired) electrons. The molecule has 38 heavy (non-hydrogen) atoms. The van der Waals surface area contributed by atoms with E-state index in [0.29, 0.717) is 27.5 Å². The number of allylic oxidation sites excluding steroid dienone is 2. The third kappa shape index (κ3) is 5.22. The highest BCUT2D eigenvalue weighted by molar-refractivity contribution is 7.81. The minimum absolute atomic E-state index is 0.0724. The van der Waals surface area contributed by atoms with Crippen molar-refractivity contribution in [3.63, 3.8) is 0 Å². The second-order valence-electron chi connectivity index (χ2n) is 9.17. The zero-order valence-electron chi connectivity index (χ0n) is 20.4. The molecule has 0 saturated carbocycles. The molecule has 11 heteroatoms. The van der Waals surface area contributed by atoms with E-state index >= 15 is 0 Å². The van der Waals surface area contributed by atoms with Gasteiger partial charge in [0.15, 0.2) is 11.6 Å². The first-order valence-electron chi connectivity index (χ1n) is 12.1. The fourth-order valence-electron chi connectivity index (χ4n) is 4.62. The SMILES string of the molecule is C[C@@H](OC1C=C(n2cnc3cc(F)c(F)cc32)C=C(C(N)=O)C1=S)c1cccc(OC2CCNCC2)c1Cl. The van der Waals surface area contributed by atoms with Crippen LogP contribution in [-0.2, 0) is 9.53 Å². The molecule has 1 amide bonds. The summed E-state index contributed by atoms with van der Waals surface area (Å²) in [5, 5.41) is 3.74. The van der Waals surface area contributed by atoms with Gasteiger partial charge in [-0.25, -0.2) is 13.8 Å². The van der Waals surface area contributed by atoms with E-state index in [2.05, 4.69) is 10.3 Å². The highest BCUT2D eigenvalue weighted by atomic mass is 35.5. The van der Waals surface area contributed by atoms with E-state index in [1.165, 1.54) is 17.0 Å². The number of aromatic nitrogens is 2. The van der Waals surface area contributed by atoms with E-state index in [4.69, 9.17) is 39.0 Å². The summed E-state index contributed by atoms with van der Waals surface area (Å²) in [6, 6.07) is 7.55. The lowest BCUT2D eigenvalue weighted by Crippen LogP contribution is -2.34. The van der Waals surface area contributed by atoms with E-state index in [0.717, 1.165) is 38.1 Å². The summed E-state index contributed by atoms with van der Waals surface area (Å²) in [7, 11) is 0. The number of hydrogen-bond donors (Lipinski definition) is 2. The molecule has 1 unspecified atom stereocenters. The zero-order valence-corrected chi connectivity index (χ0v) is 22.0. The van der Waals surface area contributed by atoms with Crippen LogP contribution in [0.15, 0.2) is 54.4 Å². The maximum Gasteiger partial charge on any atom is 0.250 e. The number of imidazole rings is 1. The van der Waals surface area contributed by atoms with Crippen molar-refractivity contribution >= 4 is 51.3 Å². The van der Waals surface area contributed by atoms with Crippen molar-refractivity contribution in [2.24, 2.45) is 5.73 Å². The lowest BCUT2D eigenvalue weighted by atomic mass is 9.98. The second kappa shape index (κ2) is 10.9. The van der Waals surface area contributed by atoms with Gasteiger partial charge in [-0.1, -0.05) is 36.0 Å². The number of carbonyl (C=O) groups is 1. The number of benzene rings is 2. The number of thiocarbonyl (C=S) groups is 1. The van der Waals surface area contributed by atoms with Gasteiger partial charge in [0.05, 0.1) is 32.6 Å². The van der Waals surface area contributed by atoms with Gasteiger partial charge >= 0.3 is 0 Å². The van der Waals surface area contributed by atoms with Gasteiger partial charge in [-0.05, 0) is 51.1 Å². The second-order valence-corrected chi connectivity index (χ2v) is 9.99. The van der Waals surface area contributed by atoms with E-state index < -0.39 is 29.7 Å². The highest BCUT2D eigenvalue weighted by Gasteiger charge is 2.29. The Labute approximate surface area is 228 Å². The van der Waals surface area contributed by atoms with Crippen LogP contribution >= 0.6 is 23.8 Å². The average molecular weight is 559 g/mol. The maximum atomic E-state index is 14.0.